The van der Waals surface area contributed by atoms with Gasteiger partial charge in [-0.1, -0.05) is 13.0 Å². The molecule has 196 valence electrons. The van der Waals surface area contributed by atoms with Gasteiger partial charge in [0.1, 0.15) is 11.5 Å². The number of ether oxygens (including phenoxy) is 2. The highest BCUT2D eigenvalue weighted by atomic mass is 19.4. The van der Waals surface area contributed by atoms with Gasteiger partial charge in [0, 0.05) is 12.0 Å². The minimum atomic E-state index is -4.72. The van der Waals surface area contributed by atoms with Crippen LogP contribution in [0.5, 0.6) is 11.5 Å². The van der Waals surface area contributed by atoms with Crippen molar-refractivity contribution in [2.24, 2.45) is 11.8 Å². The van der Waals surface area contributed by atoms with Gasteiger partial charge >= 0.3 is 12.1 Å². The molecule has 0 saturated heterocycles. The van der Waals surface area contributed by atoms with Gasteiger partial charge in [-0.05, 0) is 81.3 Å². The molecular formula is C27H32F3NO5. The van der Waals surface area contributed by atoms with Gasteiger partial charge in [0.15, 0.2) is 0 Å². The van der Waals surface area contributed by atoms with Crippen LogP contribution >= 0.6 is 0 Å². The summed E-state index contributed by atoms with van der Waals surface area (Å²) < 4.78 is 51.3. The molecule has 0 aromatic heterocycles. The van der Waals surface area contributed by atoms with Crippen molar-refractivity contribution in [3.05, 3.63) is 53.1 Å². The van der Waals surface area contributed by atoms with E-state index in [1.807, 2.05) is 13.8 Å². The summed E-state index contributed by atoms with van der Waals surface area (Å²) in [6.07, 6.45) is -1.28. The maximum atomic E-state index is 13.6. The first-order chi connectivity index (χ1) is 17.0. The summed E-state index contributed by atoms with van der Waals surface area (Å²) in [5, 5.41) is 9.22. The molecule has 3 rings (SSSR count). The Bertz CT molecular complexity index is 1090. The van der Waals surface area contributed by atoms with Gasteiger partial charge in [-0.15, -0.1) is 0 Å². The van der Waals surface area contributed by atoms with Crippen molar-refractivity contribution < 1.29 is 37.3 Å². The van der Waals surface area contributed by atoms with Crippen LogP contribution in [0.25, 0.3) is 0 Å². The average Bonchev–Trinajstić information content (AvgIpc) is 2.84. The first-order valence-electron chi connectivity index (χ1n) is 12.0. The fraction of sp³-hybridized carbons (Fsp3) is 0.481. The Hall–Kier alpha value is -3.07. The molecule has 1 N–H and O–H groups in total. The van der Waals surface area contributed by atoms with Gasteiger partial charge in [-0.25, -0.2) is 4.79 Å². The van der Waals surface area contributed by atoms with E-state index in [0.717, 1.165) is 37.8 Å². The highest BCUT2D eigenvalue weighted by Gasteiger charge is 2.36. The van der Waals surface area contributed by atoms with E-state index in [9.17, 15) is 27.9 Å². The van der Waals surface area contributed by atoms with Crippen molar-refractivity contribution in [2.45, 2.75) is 65.3 Å². The molecule has 6 nitrogen and oxygen atoms in total. The topological polar surface area (TPSA) is 76.1 Å². The third kappa shape index (κ3) is 6.19. The first kappa shape index (κ1) is 27.5. The van der Waals surface area contributed by atoms with E-state index in [-0.39, 0.29) is 34.7 Å². The second-order valence-corrected chi connectivity index (χ2v) is 9.52. The number of amides is 1. The largest absolute Gasteiger partial charge is 0.465 e. The van der Waals surface area contributed by atoms with E-state index in [0.29, 0.717) is 11.6 Å². The van der Waals surface area contributed by atoms with Crippen LogP contribution in [0.1, 0.15) is 67.9 Å². The Morgan fingerprint density at radius 1 is 1.08 bits per heavy atom. The molecule has 36 heavy (non-hydrogen) atoms. The van der Waals surface area contributed by atoms with Crippen molar-refractivity contribution in [3.63, 3.8) is 0 Å². The second-order valence-electron chi connectivity index (χ2n) is 9.52. The molecule has 0 bridgehead atoms. The molecule has 2 aromatic rings. The molecule has 1 saturated carbocycles. The standard InChI is InChI=1S/C27H32F3NO5/c1-16(2)31(25(33)19-8-5-17(3)6-9-19)23-11-10-20(14-21(23)26(34)35-4)36-24-12-7-18(15-32)13-22(24)27(28,29)30/h7,10-14,16-17,19,32H,5-6,8-9,15H2,1-4H3/t17-,19-. The third-order valence-electron chi connectivity index (χ3n) is 6.51. The number of nitrogens with zero attached hydrogens (tertiary/aromatic N) is 1. The lowest BCUT2D eigenvalue weighted by Gasteiger charge is -2.34. The number of rotatable bonds is 7. The second kappa shape index (κ2) is 11.3. The number of alkyl halides is 3. The summed E-state index contributed by atoms with van der Waals surface area (Å²) in [4.78, 5) is 27.8. The minimum Gasteiger partial charge on any atom is -0.465 e. The number of aliphatic hydroxyl groups is 1. The fourth-order valence-electron chi connectivity index (χ4n) is 4.53. The zero-order valence-electron chi connectivity index (χ0n) is 20.9. The lowest BCUT2D eigenvalue weighted by Crippen LogP contribution is -2.43. The lowest BCUT2D eigenvalue weighted by molar-refractivity contribution is -0.138. The van der Waals surface area contributed by atoms with E-state index in [1.165, 1.54) is 31.4 Å². The number of carbonyl (C=O) groups excluding carboxylic acids is 2. The molecule has 0 spiro atoms. The van der Waals surface area contributed by atoms with E-state index in [1.54, 1.807) is 4.90 Å². The van der Waals surface area contributed by atoms with Crippen LogP contribution in [0.4, 0.5) is 18.9 Å². The Labute approximate surface area is 209 Å². The van der Waals surface area contributed by atoms with Gasteiger partial charge in [0.2, 0.25) is 5.91 Å². The van der Waals surface area contributed by atoms with Crippen molar-refractivity contribution in [1.82, 2.24) is 0 Å². The number of anilines is 1. The SMILES string of the molecule is COC(=O)c1cc(Oc2ccc(CO)cc2C(F)(F)F)ccc1N(C(=O)[C@H]1CC[C@H](C)CC1)C(C)C. The quantitative estimate of drug-likeness (QED) is 0.443. The summed E-state index contributed by atoms with van der Waals surface area (Å²) in [6.45, 7) is 5.29. The summed E-state index contributed by atoms with van der Waals surface area (Å²) in [7, 11) is 1.19. The zero-order valence-corrected chi connectivity index (χ0v) is 20.9. The Balaban J connectivity index is 2.00. The molecule has 0 unspecified atom stereocenters. The number of benzene rings is 2. The van der Waals surface area contributed by atoms with E-state index >= 15 is 0 Å². The van der Waals surface area contributed by atoms with Gasteiger partial charge in [0.25, 0.3) is 0 Å². The van der Waals surface area contributed by atoms with Gasteiger partial charge in [-0.2, -0.15) is 13.2 Å². The maximum Gasteiger partial charge on any atom is 0.419 e. The molecule has 0 heterocycles. The summed E-state index contributed by atoms with van der Waals surface area (Å²) in [5.41, 5.74) is -0.631. The predicted octanol–water partition coefficient (Wildman–Crippen LogP) is 6.34. The predicted molar refractivity (Wildman–Crippen MR) is 129 cm³/mol. The van der Waals surface area contributed by atoms with E-state index in [2.05, 4.69) is 6.92 Å². The number of methoxy groups -OCH3 is 1. The number of halogens is 3. The smallest absolute Gasteiger partial charge is 0.419 e. The minimum absolute atomic E-state index is 0.0155. The Morgan fingerprint density at radius 2 is 1.75 bits per heavy atom. The number of carbonyl (C=O) groups is 2. The van der Waals surface area contributed by atoms with Crippen molar-refractivity contribution in [1.29, 1.82) is 0 Å². The Kier molecular flexibility index (Phi) is 8.66. The van der Waals surface area contributed by atoms with E-state index < -0.39 is 30.1 Å². The summed E-state index contributed by atoms with van der Waals surface area (Å²) in [5.74, 6) is -0.922. The average molecular weight is 508 g/mol. The number of hydrogen-bond acceptors (Lipinski definition) is 5. The maximum absolute atomic E-state index is 13.6. The summed E-state index contributed by atoms with van der Waals surface area (Å²) in [6, 6.07) is 7.20. The van der Waals surface area contributed by atoms with Crippen LogP contribution in [-0.4, -0.2) is 30.1 Å². The molecule has 0 radical (unpaired) electrons. The van der Waals surface area contributed by atoms with Crippen molar-refractivity contribution in [2.75, 3.05) is 12.0 Å². The molecule has 1 amide bonds. The third-order valence-corrected chi connectivity index (χ3v) is 6.51. The first-order valence-corrected chi connectivity index (χ1v) is 12.0. The highest BCUT2D eigenvalue weighted by molar-refractivity contribution is 6.04. The normalized spacial score (nSPS) is 18.1. The van der Waals surface area contributed by atoms with Gasteiger partial charge < -0.3 is 19.5 Å². The van der Waals surface area contributed by atoms with Crippen LogP contribution in [0.15, 0.2) is 36.4 Å². The monoisotopic (exact) mass is 507 g/mol. The van der Waals surface area contributed by atoms with E-state index in [4.69, 9.17) is 9.47 Å². The Morgan fingerprint density at radius 3 is 2.31 bits per heavy atom. The highest BCUT2D eigenvalue weighted by Crippen LogP contribution is 2.40. The molecule has 0 aliphatic heterocycles. The van der Waals surface area contributed by atoms with Crippen LogP contribution < -0.4 is 9.64 Å². The van der Waals surface area contributed by atoms with Gasteiger partial charge in [0.05, 0.1) is 30.5 Å². The number of hydrogen-bond donors (Lipinski definition) is 1. The van der Waals surface area contributed by atoms with Gasteiger partial charge in [-0.3, -0.25) is 4.79 Å². The zero-order chi connectivity index (χ0) is 26.6. The van der Waals surface area contributed by atoms with Crippen LogP contribution in [0.2, 0.25) is 0 Å². The molecule has 1 aliphatic rings. The molecule has 1 aliphatic carbocycles. The molecule has 1 fully saturated rings. The van der Waals surface area contributed by atoms with Crippen LogP contribution in [0.3, 0.4) is 0 Å². The van der Waals surface area contributed by atoms with Crippen LogP contribution in [0, 0.1) is 11.8 Å². The number of aliphatic hydroxyl groups excluding tert-OH is 1. The fourth-order valence-corrected chi connectivity index (χ4v) is 4.53. The molecule has 9 heteroatoms. The van der Waals surface area contributed by atoms with Crippen LogP contribution in [-0.2, 0) is 22.3 Å². The van der Waals surface area contributed by atoms with Crippen molar-refractivity contribution >= 4 is 17.6 Å². The molecule has 2 aromatic carbocycles. The molecular weight excluding hydrogens is 475 g/mol. The lowest BCUT2D eigenvalue weighted by atomic mass is 9.82. The molecule has 0 atom stereocenters. The summed E-state index contributed by atoms with van der Waals surface area (Å²) >= 11 is 0. The number of esters is 1. The van der Waals surface area contributed by atoms with Crippen molar-refractivity contribution in [3.8, 4) is 11.5 Å².